The van der Waals surface area contributed by atoms with Crippen molar-refractivity contribution >= 4 is 75.9 Å². The van der Waals surface area contributed by atoms with Gasteiger partial charge >= 0.3 is 0 Å². The van der Waals surface area contributed by atoms with Crippen LogP contribution < -0.4 is 0 Å². The Bertz CT molecular complexity index is 3890. The molecule has 12 aromatic rings. The molecule has 0 spiro atoms. The lowest BCUT2D eigenvalue weighted by atomic mass is 9.62. The molecule has 13 rings (SSSR count). The molecule has 0 bridgehead atoms. The third-order valence-electron chi connectivity index (χ3n) is 14.4. The van der Waals surface area contributed by atoms with Gasteiger partial charge in [0.05, 0.1) is 22.1 Å². The van der Waals surface area contributed by atoms with E-state index in [-0.39, 0.29) is 10.8 Å². The fourth-order valence-corrected chi connectivity index (χ4v) is 11.0. The zero-order chi connectivity index (χ0) is 42.9. The van der Waals surface area contributed by atoms with Crippen LogP contribution in [0.1, 0.15) is 51.7 Å². The van der Waals surface area contributed by atoms with Crippen LogP contribution in [0.15, 0.2) is 176 Å². The van der Waals surface area contributed by atoms with Crippen LogP contribution >= 0.6 is 0 Å². The molecule has 3 aromatic heterocycles. The van der Waals surface area contributed by atoms with Crippen LogP contribution in [0, 0.1) is 0 Å². The van der Waals surface area contributed by atoms with Gasteiger partial charge in [-0.15, -0.1) is 0 Å². The first-order valence-corrected chi connectivity index (χ1v) is 22.5. The highest BCUT2D eigenvalue weighted by molar-refractivity contribution is 6.25. The standard InChI is InChI=1S/C59H45N5/c1-58(2)31-32-59(3,4)53-48(58)29-28-45-46-34-51-47(35-50(46)63(54(45)53)41-19-9-6-10-20-41)52-44-22-14-12-16-37(44)26-30-49(52)64(51)57-61-55(38-17-7-5-8-18-38)60-56(62-57)40-25-27-43-39(33-40)24-23-36-15-11-13-21-42(36)43/h5-30,33-35H,31-32H2,1-4H3. The van der Waals surface area contributed by atoms with Crippen molar-refractivity contribution in [2.45, 2.75) is 51.4 Å². The summed E-state index contributed by atoms with van der Waals surface area (Å²) < 4.78 is 4.84. The average Bonchev–Trinajstić information content (AvgIpc) is 3.84. The molecule has 0 saturated carbocycles. The minimum Gasteiger partial charge on any atom is -0.309 e. The zero-order valence-electron chi connectivity index (χ0n) is 36.4. The van der Waals surface area contributed by atoms with E-state index >= 15 is 0 Å². The highest BCUT2D eigenvalue weighted by Crippen LogP contribution is 2.51. The second kappa shape index (κ2) is 13.4. The number of para-hydroxylation sites is 1. The molecular weight excluding hydrogens is 779 g/mol. The molecule has 0 atom stereocenters. The van der Waals surface area contributed by atoms with Gasteiger partial charge in [0.1, 0.15) is 0 Å². The van der Waals surface area contributed by atoms with E-state index in [2.05, 4.69) is 195 Å². The lowest BCUT2D eigenvalue weighted by Gasteiger charge is -2.42. The summed E-state index contributed by atoms with van der Waals surface area (Å²) in [6.07, 6.45) is 2.29. The molecule has 0 unspecified atom stereocenters. The molecule has 3 heterocycles. The average molecular weight is 824 g/mol. The second-order valence-corrected chi connectivity index (χ2v) is 19.1. The predicted octanol–water partition coefficient (Wildman–Crippen LogP) is 15.2. The van der Waals surface area contributed by atoms with Crippen LogP contribution in [0.4, 0.5) is 0 Å². The van der Waals surface area contributed by atoms with Gasteiger partial charge in [0.25, 0.3) is 0 Å². The van der Waals surface area contributed by atoms with Gasteiger partial charge in [-0.3, -0.25) is 4.57 Å². The van der Waals surface area contributed by atoms with Crippen molar-refractivity contribution < 1.29 is 0 Å². The van der Waals surface area contributed by atoms with E-state index in [4.69, 9.17) is 15.0 Å². The molecule has 0 saturated heterocycles. The Kier molecular flexibility index (Phi) is 7.76. The minimum atomic E-state index is -0.00613. The summed E-state index contributed by atoms with van der Waals surface area (Å²) in [4.78, 5) is 16.0. The molecule has 64 heavy (non-hydrogen) atoms. The van der Waals surface area contributed by atoms with Gasteiger partial charge < -0.3 is 4.57 Å². The Balaban J connectivity index is 1.16. The van der Waals surface area contributed by atoms with Crippen molar-refractivity contribution in [3.8, 4) is 34.4 Å². The SMILES string of the molecule is CC1(C)CCC(C)(C)c2c1ccc1c3cc4c(cc3n(-c3ccccc3)c21)c1c2ccccc2ccc1n4-c1nc(-c2ccccc2)nc(-c2ccc3c(ccc4ccccc43)c2)n1. The van der Waals surface area contributed by atoms with E-state index in [0.717, 1.165) is 45.8 Å². The van der Waals surface area contributed by atoms with Crippen molar-refractivity contribution in [1.29, 1.82) is 0 Å². The van der Waals surface area contributed by atoms with E-state index in [1.54, 1.807) is 0 Å². The van der Waals surface area contributed by atoms with Crippen molar-refractivity contribution in [2.75, 3.05) is 0 Å². The Hall–Kier alpha value is -7.63. The predicted molar refractivity (Wildman–Crippen MR) is 267 cm³/mol. The van der Waals surface area contributed by atoms with Gasteiger partial charge in [-0.05, 0) is 104 Å². The molecule has 0 fully saturated rings. The van der Waals surface area contributed by atoms with E-state index in [1.807, 2.05) is 18.2 Å². The summed E-state index contributed by atoms with van der Waals surface area (Å²) >= 11 is 0. The van der Waals surface area contributed by atoms with Gasteiger partial charge in [0.2, 0.25) is 5.95 Å². The summed E-state index contributed by atoms with van der Waals surface area (Å²) in [5.41, 5.74) is 10.6. The zero-order valence-corrected chi connectivity index (χ0v) is 36.4. The quantitative estimate of drug-likeness (QED) is 0.166. The Morgan fingerprint density at radius 3 is 1.80 bits per heavy atom. The van der Waals surface area contributed by atoms with Gasteiger partial charge in [-0.2, -0.15) is 9.97 Å². The fourth-order valence-electron chi connectivity index (χ4n) is 11.0. The maximum Gasteiger partial charge on any atom is 0.238 e. The first-order chi connectivity index (χ1) is 31.2. The fraction of sp³-hybridized carbons (Fsp3) is 0.136. The van der Waals surface area contributed by atoms with Crippen LogP contribution in [0.5, 0.6) is 0 Å². The number of aromatic nitrogens is 5. The summed E-state index contributed by atoms with van der Waals surface area (Å²) in [5.74, 6) is 1.85. The molecule has 5 heteroatoms. The van der Waals surface area contributed by atoms with Crippen LogP contribution in [0.3, 0.4) is 0 Å². The lowest BCUT2D eigenvalue weighted by molar-refractivity contribution is 0.334. The van der Waals surface area contributed by atoms with E-state index in [0.29, 0.717) is 17.6 Å². The van der Waals surface area contributed by atoms with Crippen molar-refractivity contribution in [3.05, 3.63) is 187 Å². The van der Waals surface area contributed by atoms with Gasteiger partial charge in [0.15, 0.2) is 11.6 Å². The molecule has 0 aliphatic heterocycles. The molecule has 9 aromatic carbocycles. The summed E-state index contributed by atoms with van der Waals surface area (Å²) in [5, 5.41) is 12.0. The first-order valence-electron chi connectivity index (χ1n) is 22.5. The monoisotopic (exact) mass is 823 g/mol. The van der Waals surface area contributed by atoms with Gasteiger partial charge in [-0.1, -0.05) is 167 Å². The third-order valence-corrected chi connectivity index (χ3v) is 14.4. The van der Waals surface area contributed by atoms with Gasteiger partial charge in [-0.25, -0.2) is 4.98 Å². The first kappa shape index (κ1) is 37.0. The molecule has 5 nitrogen and oxygen atoms in total. The highest BCUT2D eigenvalue weighted by atomic mass is 15.2. The number of fused-ring (bicyclic) bond motifs is 13. The number of nitrogens with zero attached hydrogens (tertiary/aromatic N) is 5. The molecule has 0 radical (unpaired) electrons. The Morgan fingerprint density at radius 2 is 1.00 bits per heavy atom. The number of hydrogen-bond donors (Lipinski definition) is 0. The topological polar surface area (TPSA) is 48.5 Å². The summed E-state index contributed by atoms with van der Waals surface area (Å²) in [6.45, 7) is 9.73. The molecule has 306 valence electrons. The maximum atomic E-state index is 5.44. The van der Waals surface area contributed by atoms with E-state index < -0.39 is 0 Å². The molecule has 0 N–H and O–H groups in total. The van der Waals surface area contributed by atoms with Crippen molar-refractivity contribution in [2.24, 2.45) is 0 Å². The summed E-state index contributed by atoms with van der Waals surface area (Å²) in [7, 11) is 0. The molecule has 1 aliphatic carbocycles. The number of benzene rings is 9. The number of rotatable bonds is 4. The lowest BCUT2D eigenvalue weighted by Crippen LogP contribution is -2.34. The smallest absolute Gasteiger partial charge is 0.238 e. The van der Waals surface area contributed by atoms with E-state index in [1.165, 1.54) is 70.9 Å². The van der Waals surface area contributed by atoms with Crippen molar-refractivity contribution in [3.63, 3.8) is 0 Å². The minimum absolute atomic E-state index is 0.00613. The largest absolute Gasteiger partial charge is 0.309 e. The second-order valence-electron chi connectivity index (χ2n) is 19.1. The Labute approximate surface area is 371 Å². The van der Waals surface area contributed by atoms with Crippen LogP contribution in [0.2, 0.25) is 0 Å². The normalized spacial score (nSPS) is 14.7. The summed E-state index contributed by atoms with van der Waals surface area (Å²) in [6, 6.07) is 63.7. The van der Waals surface area contributed by atoms with E-state index in [9.17, 15) is 0 Å². The maximum absolute atomic E-state index is 5.44. The van der Waals surface area contributed by atoms with Crippen LogP contribution in [-0.4, -0.2) is 24.1 Å². The highest BCUT2D eigenvalue weighted by Gasteiger charge is 2.40. The molecule has 0 amide bonds. The molecule has 1 aliphatic rings. The Morgan fingerprint density at radius 1 is 0.406 bits per heavy atom. The van der Waals surface area contributed by atoms with Gasteiger partial charge in [0, 0.05) is 38.4 Å². The van der Waals surface area contributed by atoms with Crippen molar-refractivity contribution in [1.82, 2.24) is 24.1 Å². The molecular formula is C59H45N5. The third kappa shape index (κ3) is 5.40. The number of hydrogen-bond acceptors (Lipinski definition) is 3. The van der Waals surface area contributed by atoms with Crippen LogP contribution in [0.25, 0.3) is 110 Å². The van der Waals surface area contributed by atoms with Crippen LogP contribution in [-0.2, 0) is 10.8 Å².